The van der Waals surface area contributed by atoms with Crippen molar-refractivity contribution in [2.75, 3.05) is 49.8 Å². The van der Waals surface area contributed by atoms with E-state index in [-0.39, 0.29) is 34.2 Å². The Morgan fingerprint density at radius 3 is 2.54 bits per heavy atom. The van der Waals surface area contributed by atoms with Crippen LogP contribution in [0.3, 0.4) is 0 Å². The summed E-state index contributed by atoms with van der Waals surface area (Å²) in [5.74, 6) is -0.140. The van der Waals surface area contributed by atoms with E-state index in [1.54, 1.807) is 19.9 Å². The molecule has 0 radical (unpaired) electrons. The van der Waals surface area contributed by atoms with Gasteiger partial charge in [-0.3, -0.25) is 10.1 Å². The van der Waals surface area contributed by atoms with Crippen LogP contribution in [0.2, 0.25) is 5.02 Å². The van der Waals surface area contributed by atoms with Crippen LogP contribution in [0.25, 0.3) is 0 Å². The molecule has 0 bridgehead atoms. The Kier molecular flexibility index (Phi) is 9.10. The van der Waals surface area contributed by atoms with Gasteiger partial charge < -0.3 is 30.3 Å². The molecule has 1 fully saturated rings. The fourth-order valence-corrected chi connectivity index (χ4v) is 5.07. The highest BCUT2D eigenvalue weighted by Gasteiger charge is 2.32. The number of rotatable bonds is 11. The van der Waals surface area contributed by atoms with E-state index in [0.29, 0.717) is 35.8 Å². The molecule has 1 aliphatic rings. The first-order chi connectivity index (χ1) is 19.4. The van der Waals surface area contributed by atoms with Crippen molar-refractivity contribution in [1.29, 1.82) is 0 Å². The van der Waals surface area contributed by atoms with Crippen LogP contribution in [0.15, 0.2) is 30.6 Å². The molecule has 4 rings (SSSR count). The molecule has 0 saturated carbocycles. The summed E-state index contributed by atoms with van der Waals surface area (Å²) in [6, 6.07) is 5.73. The third kappa shape index (κ3) is 6.75. The van der Waals surface area contributed by atoms with E-state index in [2.05, 4.69) is 35.4 Å². The molecule has 41 heavy (non-hydrogen) atoms. The van der Waals surface area contributed by atoms with Crippen LogP contribution >= 0.6 is 11.6 Å². The number of aliphatic hydroxyl groups is 1. The number of nitrogens with zero attached hydrogens (tertiary/aromatic N) is 6. The zero-order valence-electron chi connectivity index (χ0n) is 23.6. The molecule has 2 aromatic carbocycles. The summed E-state index contributed by atoms with van der Waals surface area (Å²) in [6.45, 7) is 4.81. The quantitative estimate of drug-likeness (QED) is 0.200. The van der Waals surface area contributed by atoms with E-state index in [0.717, 1.165) is 19.4 Å². The molecule has 1 aliphatic heterocycles. The van der Waals surface area contributed by atoms with E-state index < -0.39 is 16.3 Å². The number of nitro benzene ring substituents is 1. The highest BCUT2D eigenvalue weighted by Crippen LogP contribution is 2.42. The van der Waals surface area contributed by atoms with Crippen molar-refractivity contribution in [2.24, 2.45) is 0 Å². The minimum atomic E-state index is -1.35. The zero-order valence-corrected chi connectivity index (χ0v) is 24.4. The fourth-order valence-electron chi connectivity index (χ4n) is 4.91. The third-order valence-electron chi connectivity index (χ3n) is 7.15. The molecule has 2 atom stereocenters. The largest absolute Gasteiger partial charge is 0.494 e. The standard InChI is InChI=1S/C27H34ClFN8O4/c1-6-27(2,38)17-10-19(29)18(28)11-20(17)32-25-30-15-31-26(34-25)33-21-12-23(37(39)40)22(13-24(21)41-5)36-9-7-8-16(36)14-35(3)4/h10-13,15-16,38H,6-9,14H2,1-5H3,(H2,30,31,32,33,34)/t16-,27?/m1/s1. The molecule has 12 nitrogen and oxygen atoms in total. The molecule has 1 aromatic heterocycles. The van der Waals surface area contributed by atoms with Crippen LogP contribution in [-0.4, -0.2) is 70.2 Å². The molecule has 1 unspecified atom stereocenters. The summed E-state index contributed by atoms with van der Waals surface area (Å²) < 4.78 is 19.8. The average molecular weight is 589 g/mol. The number of anilines is 5. The van der Waals surface area contributed by atoms with Crippen LogP contribution in [0.1, 0.15) is 38.7 Å². The Bertz CT molecular complexity index is 1420. The maximum atomic E-state index is 14.2. The lowest BCUT2D eigenvalue weighted by Gasteiger charge is -2.29. The van der Waals surface area contributed by atoms with Crippen molar-refractivity contribution in [3.8, 4) is 5.75 Å². The third-order valence-corrected chi connectivity index (χ3v) is 7.44. The molecule has 3 aromatic rings. The Balaban J connectivity index is 1.66. The number of halogens is 2. The van der Waals surface area contributed by atoms with Crippen molar-refractivity contribution >= 4 is 46.2 Å². The van der Waals surface area contributed by atoms with Crippen LogP contribution < -0.4 is 20.3 Å². The Hall–Kier alpha value is -3.81. The summed E-state index contributed by atoms with van der Waals surface area (Å²) in [4.78, 5) is 28.5. The SMILES string of the molecule is CCC(C)(O)c1cc(F)c(Cl)cc1Nc1ncnc(Nc2cc([N+](=O)[O-])c(N3CCC[C@@H]3CN(C)C)cc2OC)n1. The first-order valence-electron chi connectivity index (χ1n) is 13.2. The van der Waals surface area contributed by atoms with E-state index in [1.807, 2.05) is 14.1 Å². The summed E-state index contributed by atoms with van der Waals surface area (Å²) in [7, 11) is 5.44. The van der Waals surface area contributed by atoms with Gasteiger partial charge in [-0.1, -0.05) is 18.5 Å². The van der Waals surface area contributed by atoms with Gasteiger partial charge in [-0.15, -0.1) is 0 Å². The van der Waals surface area contributed by atoms with Gasteiger partial charge in [0.15, 0.2) is 0 Å². The number of hydrogen-bond donors (Lipinski definition) is 3. The van der Waals surface area contributed by atoms with Crippen molar-refractivity contribution in [3.05, 3.63) is 57.1 Å². The van der Waals surface area contributed by atoms with E-state index in [4.69, 9.17) is 16.3 Å². The second kappa shape index (κ2) is 12.4. The lowest BCUT2D eigenvalue weighted by atomic mass is 9.91. The van der Waals surface area contributed by atoms with Gasteiger partial charge in [-0.2, -0.15) is 4.98 Å². The number of likely N-dealkylation sites (N-methyl/N-ethyl adjacent to an activating group) is 1. The number of ether oxygens (including phenoxy) is 1. The van der Waals surface area contributed by atoms with Gasteiger partial charge in [0, 0.05) is 42.5 Å². The van der Waals surface area contributed by atoms with Gasteiger partial charge in [-0.25, -0.2) is 14.4 Å². The minimum absolute atomic E-state index is 0.0706. The number of benzene rings is 2. The molecule has 3 N–H and O–H groups in total. The van der Waals surface area contributed by atoms with Gasteiger partial charge in [0.2, 0.25) is 11.9 Å². The van der Waals surface area contributed by atoms with Gasteiger partial charge in [-0.05, 0) is 52.4 Å². The van der Waals surface area contributed by atoms with Gasteiger partial charge >= 0.3 is 0 Å². The maximum absolute atomic E-state index is 14.2. The lowest BCUT2D eigenvalue weighted by Crippen LogP contribution is -2.37. The predicted octanol–water partition coefficient (Wildman–Crippen LogP) is 5.22. The monoisotopic (exact) mass is 588 g/mol. The normalized spacial score (nSPS) is 16.5. The van der Waals surface area contributed by atoms with E-state index >= 15 is 0 Å². The smallest absolute Gasteiger partial charge is 0.294 e. The Morgan fingerprint density at radius 1 is 1.24 bits per heavy atom. The summed E-state index contributed by atoms with van der Waals surface area (Å²) in [6.07, 6.45) is 3.43. The molecule has 0 spiro atoms. The fraction of sp³-hybridized carbons (Fsp3) is 0.444. The minimum Gasteiger partial charge on any atom is -0.494 e. The number of hydrogen-bond acceptors (Lipinski definition) is 11. The highest BCUT2D eigenvalue weighted by atomic mass is 35.5. The first-order valence-corrected chi connectivity index (χ1v) is 13.5. The van der Waals surface area contributed by atoms with Crippen molar-refractivity contribution in [2.45, 2.75) is 44.8 Å². The average Bonchev–Trinajstić information content (AvgIpc) is 3.37. The summed E-state index contributed by atoms with van der Waals surface area (Å²) in [5, 5.41) is 28.8. The maximum Gasteiger partial charge on any atom is 0.294 e. The zero-order chi connectivity index (χ0) is 29.9. The molecule has 220 valence electrons. The first kappa shape index (κ1) is 30.2. The molecular formula is C27H34ClFN8O4. The Labute approximate surface area is 242 Å². The van der Waals surface area contributed by atoms with Crippen molar-refractivity contribution in [3.63, 3.8) is 0 Å². The van der Waals surface area contributed by atoms with Gasteiger partial charge in [0.25, 0.3) is 5.69 Å². The number of nitrogens with one attached hydrogen (secondary N) is 2. The molecule has 2 heterocycles. The lowest BCUT2D eigenvalue weighted by molar-refractivity contribution is -0.384. The second-order valence-corrected chi connectivity index (χ2v) is 10.8. The van der Waals surface area contributed by atoms with E-state index in [1.165, 1.54) is 31.6 Å². The Morgan fingerprint density at radius 2 is 1.93 bits per heavy atom. The molecular weight excluding hydrogens is 555 g/mol. The van der Waals surface area contributed by atoms with E-state index in [9.17, 15) is 19.6 Å². The van der Waals surface area contributed by atoms with Crippen LogP contribution in [0, 0.1) is 15.9 Å². The van der Waals surface area contributed by atoms with Crippen LogP contribution in [0.5, 0.6) is 5.75 Å². The number of nitro groups is 1. The van der Waals surface area contributed by atoms with Crippen molar-refractivity contribution < 1.29 is 19.2 Å². The molecule has 0 aliphatic carbocycles. The molecule has 14 heteroatoms. The van der Waals surface area contributed by atoms with Crippen LogP contribution in [-0.2, 0) is 5.60 Å². The van der Waals surface area contributed by atoms with Crippen molar-refractivity contribution in [1.82, 2.24) is 19.9 Å². The topological polar surface area (TPSA) is 142 Å². The van der Waals surface area contributed by atoms with Crippen LogP contribution in [0.4, 0.5) is 39.0 Å². The van der Waals surface area contributed by atoms with Gasteiger partial charge in [0.05, 0.1) is 28.3 Å². The summed E-state index contributed by atoms with van der Waals surface area (Å²) in [5.41, 5.74) is -0.0447. The number of aromatic nitrogens is 3. The van der Waals surface area contributed by atoms with Gasteiger partial charge in [0.1, 0.15) is 23.6 Å². The number of methoxy groups -OCH3 is 1. The highest BCUT2D eigenvalue weighted by molar-refractivity contribution is 6.31. The summed E-state index contributed by atoms with van der Waals surface area (Å²) >= 11 is 6.01. The predicted molar refractivity (Wildman–Crippen MR) is 156 cm³/mol. The second-order valence-electron chi connectivity index (χ2n) is 10.4. The molecule has 0 amide bonds. The molecule has 1 saturated heterocycles.